The van der Waals surface area contributed by atoms with Gasteiger partial charge in [0.05, 0.1) is 19.3 Å². The van der Waals surface area contributed by atoms with Crippen LogP contribution in [0.1, 0.15) is 26.2 Å². The summed E-state index contributed by atoms with van der Waals surface area (Å²) in [6.07, 6.45) is 3.01. The van der Waals surface area contributed by atoms with Crippen LogP contribution in [0.3, 0.4) is 0 Å². The van der Waals surface area contributed by atoms with Crippen LogP contribution in [0.5, 0.6) is 0 Å². The van der Waals surface area contributed by atoms with Crippen LogP contribution < -0.4 is 5.32 Å². The molecule has 130 valence electrons. The zero-order valence-electron chi connectivity index (χ0n) is 13.1. The molecule has 2 aliphatic rings. The quantitative estimate of drug-likeness (QED) is 0.559. The lowest BCUT2D eigenvalue weighted by atomic mass is 9.94. The van der Waals surface area contributed by atoms with E-state index in [0.29, 0.717) is 6.42 Å². The molecule has 7 nitrogen and oxygen atoms in total. The van der Waals surface area contributed by atoms with Crippen molar-refractivity contribution in [1.29, 1.82) is 0 Å². The van der Waals surface area contributed by atoms with Crippen LogP contribution in [0, 0.1) is 5.41 Å². The third-order valence-corrected chi connectivity index (χ3v) is 5.13. The molecule has 1 saturated heterocycles. The van der Waals surface area contributed by atoms with Crippen molar-refractivity contribution < 1.29 is 29.3 Å². The maximum Gasteiger partial charge on any atom is 0.408 e. The zero-order valence-corrected chi connectivity index (χ0v) is 13.9. The van der Waals surface area contributed by atoms with Crippen LogP contribution in [-0.4, -0.2) is 60.0 Å². The largest absolute Gasteiger partial charge is 0.465 e. The van der Waals surface area contributed by atoms with E-state index >= 15 is 0 Å². The molecular weight excluding hydrogens is 322 g/mol. The Kier molecular flexibility index (Phi) is 6.32. The smallest absolute Gasteiger partial charge is 0.408 e. The number of ether oxygens (including phenoxy) is 2. The maximum absolute atomic E-state index is 11.7. The van der Waals surface area contributed by atoms with Gasteiger partial charge in [-0.2, -0.15) is 0 Å². The molecule has 0 aromatic heterocycles. The van der Waals surface area contributed by atoms with Gasteiger partial charge in [-0.05, 0) is 23.8 Å². The van der Waals surface area contributed by atoms with Crippen LogP contribution in [-0.2, 0) is 14.3 Å². The number of carbonyl (C=O) groups excluding carboxylic acids is 2. The summed E-state index contributed by atoms with van der Waals surface area (Å²) >= 11 is 1.67. The normalized spacial score (nSPS) is 23.6. The minimum Gasteiger partial charge on any atom is -0.465 e. The lowest BCUT2D eigenvalue weighted by molar-refractivity contribution is -0.149. The number of amides is 1. The molecule has 2 heterocycles. The summed E-state index contributed by atoms with van der Waals surface area (Å²) in [6.45, 7) is 1.17. The van der Waals surface area contributed by atoms with Crippen LogP contribution in [0.25, 0.3) is 0 Å². The average molecular weight is 345 g/mol. The van der Waals surface area contributed by atoms with Gasteiger partial charge in [0.2, 0.25) is 0 Å². The second kappa shape index (κ2) is 8.03. The SMILES string of the molecule is CC(CO)(CO)COC(=O)CCCC1=C[C@H]2OC(=O)NC2CS1. The van der Waals surface area contributed by atoms with Crippen molar-refractivity contribution in [3.63, 3.8) is 0 Å². The van der Waals surface area contributed by atoms with E-state index in [0.717, 1.165) is 17.1 Å². The predicted octanol–water partition coefficient (Wildman–Crippen LogP) is 0.798. The molecule has 1 unspecified atom stereocenters. The number of hydrogen-bond donors (Lipinski definition) is 3. The molecule has 0 spiro atoms. The molecule has 2 aliphatic heterocycles. The summed E-state index contributed by atoms with van der Waals surface area (Å²) in [5.74, 6) is 0.435. The molecule has 2 atom stereocenters. The molecule has 8 heteroatoms. The first kappa shape index (κ1) is 18.1. The standard InChI is InChI=1S/C15H23NO6S/c1-15(7-17,8-18)9-21-13(19)4-2-3-10-5-12-11(6-23-10)16-14(20)22-12/h5,11-12,17-18H,2-4,6-9H2,1H3,(H,16,20)/t11?,12-/m1/s1. The molecule has 0 aliphatic carbocycles. The molecular formula is C15H23NO6S. The Balaban J connectivity index is 1.68. The van der Waals surface area contributed by atoms with Crippen molar-refractivity contribution in [3.05, 3.63) is 11.0 Å². The Labute approximate surface area is 139 Å². The number of carbonyl (C=O) groups is 2. The van der Waals surface area contributed by atoms with Gasteiger partial charge in [-0.15, -0.1) is 11.8 Å². The zero-order chi connectivity index (χ0) is 16.9. The molecule has 0 aromatic rings. The van der Waals surface area contributed by atoms with Crippen LogP contribution in [0.2, 0.25) is 0 Å². The average Bonchev–Trinajstić information content (AvgIpc) is 2.92. The first-order valence-electron chi connectivity index (χ1n) is 7.64. The van der Waals surface area contributed by atoms with Crippen molar-refractivity contribution in [3.8, 4) is 0 Å². The highest BCUT2D eigenvalue weighted by atomic mass is 32.2. The van der Waals surface area contributed by atoms with E-state index in [4.69, 9.17) is 19.7 Å². The van der Waals surface area contributed by atoms with Crippen molar-refractivity contribution >= 4 is 23.8 Å². The number of hydrogen-bond acceptors (Lipinski definition) is 7. The first-order valence-corrected chi connectivity index (χ1v) is 8.62. The van der Waals surface area contributed by atoms with E-state index in [9.17, 15) is 9.59 Å². The maximum atomic E-state index is 11.7. The molecule has 0 aromatic carbocycles. The van der Waals surface area contributed by atoms with Crippen LogP contribution in [0.4, 0.5) is 4.79 Å². The highest BCUT2D eigenvalue weighted by Gasteiger charge is 2.35. The van der Waals surface area contributed by atoms with Crippen molar-refractivity contribution in [2.45, 2.75) is 38.3 Å². The fourth-order valence-electron chi connectivity index (χ4n) is 2.22. The second-order valence-corrected chi connectivity index (χ2v) is 7.35. The Morgan fingerprint density at radius 3 is 2.96 bits per heavy atom. The predicted molar refractivity (Wildman–Crippen MR) is 84.8 cm³/mol. The van der Waals surface area contributed by atoms with E-state index in [1.165, 1.54) is 0 Å². The molecule has 23 heavy (non-hydrogen) atoms. The Bertz CT molecular complexity index is 477. The Morgan fingerprint density at radius 1 is 1.52 bits per heavy atom. The van der Waals surface area contributed by atoms with E-state index in [1.54, 1.807) is 18.7 Å². The van der Waals surface area contributed by atoms with E-state index in [2.05, 4.69) is 5.32 Å². The molecule has 0 saturated carbocycles. The summed E-state index contributed by atoms with van der Waals surface area (Å²) < 4.78 is 10.2. The van der Waals surface area contributed by atoms with E-state index in [-0.39, 0.29) is 50.4 Å². The van der Waals surface area contributed by atoms with Crippen LogP contribution in [0.15, 0.2) is 11.0 Å². The third kappa shape index (κ3) is 5.12. The summed E-state index contributed by atoms with van der Waals surface area (Å²) in [4.78, 5) is 24.0. The van der Waals surface area contributed by atoms with Gasteiger partial charge in [0.25, 0.3) is 0 Å². The van der Waals surface area contributed by atoms with Gasteiger partial charge in [0, 0.05) is 17.6 Å². The molecule has 0 radical (unpaired) electrons. The number of esters is 1. The number of allylic oxidation sites excluding steroid dienone is 1. The number of aliphatic hydroxyl groups is 2. The number of alkyl carbamates (subject to hydrolysis) is 1. The molecule has 2 rings (SSSR count). The lowest BCUT2D eigenvalue weighted by Crippen LogP contribution is -2.35. The third-order valence-electron chi connectivity index (χ3n) is 3.89. The van der Waals surface area contributed by atoms with E-state index < -0.39 is 5.41 Å². The number of fused-ring (bicyclic) bond motifs is 1. The summed E-state index contributed by atoms with van der Waals surface area (Å²) in [5, 5.41) is 21.0. The van der Waals surface area contributed by atoms with Gasteiger partial charge >= 0.3 is 12.1 Å². The summed E-state index contributed by atoms with van der Waals surface area (Å²) in [6, 6.07) is 0.0378. The van der Waals surface area contributed by atoms with Crippen molar-refractivity contribution in [1.82, 2.24) is 5.32 Å². The monoisotopic (exact) mass is 345 g/mol. The van der Waals surface area contributed by atoms with Gasteiger partial charge in [-0.25, -0.2) is 4.79 Å². The molecule has 3 N–H and O–H groups in total. The molecule has 0 bridgehead atoms. The summed E-state index contributed by atoms with van der Waals surface area (Å²) in [5.41, 5.74) is -0.800. The van der Waals surface area contributed by atoms with Crippen molar-refractivity contribution in [2.24, 2.45) is 5.41 Å². The highest BCUT2D eigenvalue weighted by Crippen LogP contribution is 2.31. The lowest BCUT2D eigenvalue weighted by Gasteiger charge is -2.24. The van der Waals surface area contributed by atoms with Gasteiger partial charge in [-0.1, -0.05) is 6.92 Å². The fourth-order valence-corrected chi connectivity index (χ4v) is 3.40. The van der Waals surface area contributed by atoms with Crippen molar-refractivity contribution in [2.75, 3.05) is 25.6 Å². The number of rotatable bonds is 8. The number of nitrogens with one attached hydrogen (secondary N) is 1. The first-order chi connectivity index (χ1) is 11.0. The minimum atomic E-state index is -0.800. The number of aliphatic hydroxyl groups excluding tert-OH is 2. The fraction of sp³-hybridized carbons (Fsp3) is 0.733. The molecule has 1 amide bonds. The van der Waals surface area contributed by atoms with Gasteiger partial charge in [-0.3, -0.25) is 4.79 Å². The Morgan fingerprint density at radius 2 is 2.26 bits per heavy atom. The Hall–Kier alpha value is -1.25. The second-order valence-electron chi connectivity index (χ2n) is 6.21. The van der Waals surface area contributed by atoms with E-state index in [1.807, 2.05) is 6.08 Å². The van der Waals surface area contributed by atoms with Gasteiger partial charge in [0.1, 0.15) is 12.7 Å². The summed E-state index contributed by atoms with van der Waals surface area (Å²) in [7, 11) is 0. The molecule has 1 fully saturated rings. The topological polar surface area (TPSA) is 105 Å². The van der Waals surface area contributed by atoms with Crippen LogP contribution >= 0.6 is 11.8 Å². The van der Waals surface area contributed by atoms with Gasteiger partial charge in [0.15, 0.2) is 0 Å². The minimum absolute atomic E-state index is 0.00164. The highest BCUT2D eigenvalue weighted by molar-refractivity contribution is 8.03. The van der Waals surface area contributed by atoms with Gasteiger partial charge < -0.3 is 25.0 Å². The number of thioether (sulfide) groups is 1.